The standard InChI is InChI=1S/C23H27F3N4O3/c1-21(2,32)15-13-17-14(12-18(15)28-20(31)16-8-5-6-10-27-16)19(22(3,4)33)30(29-17)11-7-9-23(24,25)26/h5-6,8,10,12-13,32-33H,7,9,11H2,1-4H3,(H,28,31). The van der Waals surface area contributed by atoms with Gasteiger partial charge < -0.3 is 15.5 Å². The SMILES string of the molecule is CC(C)(O)c1cc2nn(CCCC(F)(F)F)c(C(C)(C)O)c2cc1NC(=O)c1ccccn1. The number of pyridine rings is 1. The van der Waals surface area contributed by atoms with Crippen LogP contribution in [0.15, 0.2) is 36.5 Å². The first-order chi connectivity index (χ1) is 15.2. The fourth-order valence-electron chi connectivity index (χ4n) is 3.71. The Balaban J connectivity index is 2.11. The van der Waals surface area contributed by atoms with Gasteiger partial charge in [-0.05, 0) is 58.4 Å². The number of benzene rings is 1. The van der Waals surface area contributed by atoms with E-state index in [4.69, 9.17) is 0 Å². The van der Waals surface area contributed by atoms with Crippen LogP contribution in [0.2, 0.25) is 0 Å². The van der Waals surface area contributed by atoms with E-state index in [-0.39, 0.29) is 24.3 Å². The third kappa shape index (κ3) is 5.88. The highest BCUT2D eigenvalue weighted by molar-refractivity contribution is 6.04. The largest absolute Gasteiger partial charge is 0.389 e. The number of rotatable bonds is 7. The van der Waals surface area contributed by atoms with E-state index in [0.29, 0.717) is 22.2 Å². The van der Waals surface area contributed by atoms with E-state index < -0.39 is 29.7 Å². The smallest absolute Gasteiger partial charge is 0.386 e. The molecule has 0 bridgehead atoms. The van der Waals surface area contributed by atoms with Crippen molar-refractivity contribution in [3.8, 4) is 0 Å². The zero-order chi connectivity index (χ0) is 24.6. The molecule has 7 nitrogen and oxygen atoms in total. The van der Waals surface area contributed by atoms with Gasteiger partial charge in [-0.3, -0.25) is 14.5 Å². The van der Waals surface area contributed by atoms with Gasteiger partial charge >= 0.3 is 6.18 Å². The number of halogens is 3. The minimum absolute atomic E-state index is 0.0546. The molecule has 10 heteroatoms. The van der Waals surface area contributed by atoms with Crippen LogP contribution >= 0.6 is 0 Å². The van der Waals surface area contributed by atoms with Crippen LogP contribution in [0.5, 0.6) is 0 Å². The third-order valence-electron chi connectivity index (χ3n) is 5.09. The molecular weight excluding hydrogens is 437 g/mol. The van der Waals surface area contributed by atoms with Gasteiger partial charge in [0.05, 0.1) is 16.8 Å². The molecule has 0 atom stereocenters. The van der Waals surface area contributed by atoms with E-state index in [9.17, 15) is 28.2 Å². The maximum Gasteiger partial charge on any atom is 0.389 e. The van der Waals surface area contributed by atoms with Gasteiger partial charge in [0.2, 0.25) is 0 Å². The van der Waals surface area contributed by atoms with Gasteiger partial charge in [0.1, 0.15) is 11.3 Å². The molecule has 2 aromatic heterocycles. The summed E-state index contributed by atoms with van der Waals surface area (Å²) in [6.45, 7) is 6.06. The Kier molecular flexibility index (Phi) is 6.54. The van der Waals surface area contributed by atoms with Crippen molar-refractivity contribution in [2.45, 2.75) is 64.5 Å². The summed E-state index contributed by atoms with van der Waals surface area (Å²) in [5, 5.41) is 29.1. The molecule has 2 heterocycles. The average Bonchev–Trinajstić information content (AvgIpc) is 3.03. The van der Waals surface area contributed by atoms with Crippen molar-refractivity contribution >= 4 is 22.5 Å². The molecule has 178 valence electrons. The Morgan fingerprint density at radius 2 is 1.79 bits per heavy atom. The molecule has 0 radical (unpaired) electrons. The summed E-state index contributed by atoms with van der Waals surface area (Å²) in [5.74, 6) is -0.497. The summed E-state index contributed by atoms with van der Waals surface area (Å²) in [6, 6.07) is 8.02. The molecule has 1 amide bonds. The van der Waals surface area contributed by atoms with Gasteiger partial charge in [0, 0.05) is 35.8 Å². The lowest BCUT2D eigenvalue weighted by molar-refractivity contribution is -0.136. The molecule has 0 saturated heterocycles. The van der Waals surface area contributed by atoms with Gasteiger partial charge in [-0.25, -0.2) is 0 Å². The van der Waals surface area contributed by atoms with Crippen LogP contribution in [0.4, 0.5) is 18.9 Å². The summed E-state index contributed by atoms with van der Waals surface area (Å²) in [6.07, 6.45) is -4.00. The van der Waals surface area contributed by atoms with Crippen molar-refractivity contribution in [1.29, 1.82) is 0 Å². The quantitative estimate of drug-likeness (QED) is 0.479. The number of alkyl halides is 3. The number of aliphatic hydroxyl groups is 2. The van der Waals surface area contributed by atoms with Crippen LogP contribution in [0, 0.1) is 0 Å². The van der Waals surface area contributed by atoms with E-state index in [0.717, 1.165) is 0 Å². The van der Waals surface area contributed by atoms with Crippen molar-refractivity contribution in [2.75, 3.05) is 5.32 Å². The number of hydrogen-bond acceptors (Lipinski definition) is 5. The summed E-state index contributed by atoms with van der Waals surface area (Å²) in [7, 11) is 0. The molecule has 0 unspecified atom stereocenters. The predicted molar refractivity (Wildman–Crippen MR) is 118 cm³/mol. The number of nitrogens with zero attached hydrogens (tertiary/aromatic N) is 3. The van der Waals surface area contributed by atoms with Crippen LogP contribution in [0.3, 0.4) is 0 Å². The number of fused-ring (bicyclic) bond motifs is 1. The lowest BCUT2D eigenvalue weighted by Gasteiger charge is -2.23. The zero-order valence-electron chi connectivity index (χ0n) is 18.9. The Labute approximate surface area is 189 Å². The summed E-state index contributed by atoms with van der Waals surface area (Å²) in [5.41, 5.74) is -1.28. The normalized spacial score (nSPS) is 12.9. The predicted octanol–water partition coefficient (Wildman–Crippen LogP) is 4.48. The number of carbonyl (C=O) groups is 1. The van der Waals surface area contributed by atoms with Crippen LogP contribution in [-0.2, 0) is 17.7 Å². The minimum atomic E-state index is -4.29. The van der Waals surface area contributed by atoms with E-state index >= 15 is 0 Å². The molecular formula is C23H27F3N4O3. The minimum Gasteiger partial charge on any atom is -0.386 e. The average molecular weight is 464 g/mol. The third-order valence-corrected chi connectivity index (χ3v) is 5.09. The maximum absolute atomic E-state index is 12.7. The molecule has 0 saturated carbocycles. The zero-order valence-corrected chi connectivity index (χ0v) is 18.9. The first-order valence-electron chi connectivity index (χ1n) is 10.5. The van der Waals surface area contributed by atoms with Gasteiger partial charge in [-0.15, -0.1) is 0 Å². The van der Waals surface area contributed by atoms with Crippen molar-refractivity contribution in [3.05, 3.63) is 53.5 Å². The molecule has 0 spiro atoms. The number of aromatic nitrogens is 3. The number of aryl methyl sites for hydroxylation is 1. The highest BCUT2D eigenvalue weighted by Crippen LogP contribution is 2.37. The number of carbonyl (C=O) groups excluding carboxylic acids is 1. The first kappa shape index (κ1) is 24.7. The Morgan fingerprint density at radius 3 is 2.33 bits per heavy atom. The molecule has 0 aliphatic rings. The molecule has 1 aromatic carbocycles. The monoisotopic (exact) mass is 464 g/mol. The molecule has 0 aliphatic carbocycles. The van der Waals surface area contributed by atoms with Gasteiger partial charge in [0.15, 0.2) is 0 Å². The van der Waals surface area contributed by atoms with Crippen LogP contribution in [-0.4, -0.2) is 37.1 Å². The van der Waals surface area contributed by atoms with Crippen LogP contribution < -0.4 is 5.32 Å². The highest BCUT2D eigenvalue weighted by atomic mass is 19.4. The van der Waals surface area contributed by atoms with Crippen molar-refractivity contribution in [1.82, 2.24) is 14.8 Å². The summed E-state index contributed by atoms with van der Waals surface area (Å²) >= 11 is 0. The fourth-order valence-corrected chi connectivity index (χ4v) is 3.71. The summed E-state index contributed by atoms with van der Waals surface area (Å²) < 4.78 is 39.3. The molecule has 3 aromatic rings. The van der Waals surface area contributed by atoms with Crippen molar-refractivity contribution in [2.24, 2.45) is 0 Å². The Hall–Kier alpha value is -2.98. The Morgan fingerprint density at radius 1 is 1.09 bits per heavy atom. The summed E-state index contributed by atoms with van der Waals surface area (Å²) in [4.78, 5) is 16.7. The van der Waals surface area contributed by atoms with Gasteiger partial charge in [0.25, 0.3) is 5.91 Å². The van der Waals surface area contributed by atoms with Gasteiger partial charge in [-0.2, -0.15) is 18.3 Å². The number of nitrogens with one attached hydrogen (secondary N) is 1. The van der Waals surface area contributed by atoms with E-state index in [2.05, 4.69) is 15.4 Å². The number of hydrogen-bond donors (Lipinski definition) is 3. The van der Waals surface area contributed by atoms with Gasteiger partial charge in [-0.1, -0.05) is 6.07 Å². The Bertz CT molecular complexity index is 1140. The van der Waals surface area contributed by atoms with Crippen molar-refractivity contribution < 1.29 is 28.2 Å². The van der Waals surface area contributed by atoms with Crippen molar-refractivity contribution in [3.63, 3.8) is 0 Å². The maximum atomic E-state index is 12.7. The lowest BCUT2D eigenvalue weighted by Crippen LogP contribution is -2.23. The molecule has 3 rings (SSSR count). The fraction of sp³-hybridized carbons (Fsp3) is 0.435. The van der Waals surface area contributed by atoms with Crippen LogP contribution in [0.25, 0.3) is 10.9 Å². The second kappa shape index (κ2) is 8.75. The van der Waals surface area contributed by atoms with Crippen LogP contribution in [0.1, 0.15) is 62.3 Å². The topological polar surface area (TPSA) is 100 Å². The number of anilines is 1. The van der Waals surface area contributed by atoms with E-state index in [1.807, 2.05) is 0 Å². The second-order valence-corrected chi connectivity index (χ2v) is 8.99. The second-order valence-electron chi connectivity index (χ2n) is 8.99. The van der Waals surface area contributed by atoms with E-state index in [1.165, 1.54) is 24.7 Å². The molecule has 33 heavy (non-hydrogen) atoms. The van der Waals surface area contributed by atoms with E-state index in [1.54, 1.807) is 44.2 Å². The first-order valence-corrected chi connectivity index (χ1v) is 10.5. The lowest BCUT2D eigenvalue weighted by atomic mass is 9.93. The molecule has 0 fully saturated rings. The molecule has 3 N–H and O–H groups in total. The number of amides is 1. The molecule has 0 aliphatic heterocycles. The highest BCUT2D eigenvalue weighted by Gasteiger charge is 2.31.